The Hall–Kier alpha value is -1.34. The molecule has 0 rings (SSSR count). The van der Waals surface area contributed by atoms with Gasteiger partial charge < -0.3 is 25.2 Å². The molecule has 2 unspecified atom stereocenters. The van der Waals surface area contributed by atoms with Crippen LogP contribution in [0.15, 0.2) is 0 Å². The van der Waals surface area contributed by atoms with Gasteiger partial charge in [0.1, 0.15) is 0 Å². The molecule has 7 heteroatoms. The lowest BCUT2D eigenvalue weighted by atomic mass is 10.0. The number of carboxylic acids is 1. The number of rotatable bonds is 9. The topological polar surface area (TPSA) is 99.1 Å². The highest BCUT2D eigenvalue weighted by Crippen LogP contribution is 2.06. The standard InChI is InChI=1S/C12H24N2O5/c1-4-9(5-11(16)17)6-13-12(18)14(2)7-10(15)8-19-3/h9-10,15H,4-8H2,1-3H3,(H,13,18)(H,16,17). The summed E-state index contributed by atoms with van der Waals surface area (Å²) in [4.78, 5) is 23.6. The number of nitrogens with zero attached hydrogens (tertiary/aromatic N) is 1. The van der Waals surface area contributed by atoms with Crippen LogP contribution >= 0.6 is 0 Å². The number of methoxy groups -OCH3 is 1. The molecule has 0 bridgehead atoms. The molecule has 2 atom stereocenters. The highest BCUT2D eigenvalue weighted by atomic mass is 16.5. The maximum atomic E-state index is 11.7. The van der Waals surface area contributed by atoms with Crippen molar-refractivity contribution >= 4 is 12.0 Å². The summed E-state index contributed by atoms with van der Waals surface area (Å²) in [6.45, 7) is 2.52. The Morgan fingerprint density at radius 1 is 1.42 bits per heavy atom. The van der Waals surface area contributed by atoms with Gasteiger partial charge in [-0.2, -0.15) is 0 Å². The zero-order valence-corrected chi connectivity index (χ0v) is 11.8. The molecule has 0 saturated heterocycles. The number of aliphatic hydroxyl groups is 1. The van der Waals surface area contributed by atoms with Crippen molar-refractivity contribution in [2.45, 2.75) is 25.9 Å². The fourth-order valence-electron chi connectivity index (χ4n) is 1.62. The van der Waals surface area contributed by atoms with E-state index in [1.807, 2.05) is 6.92 Å². The van der Waals surface area contributed by atoms with Crippen LogP contribution in [0, 0.1) is 5.92 Å². The Morgan fingerprint density at radius 3 is 2.53 bits per heavy atom. The number of carboxylic acid groups (broad SMARTS) is 1. The minimum absolute atomic E-state index is 0.0345. The Morgan fingerprint density at radius 2 is 2.05 bits per heavy atom. The molecule has 7 nitrogen and oxygen atoms in total. The summed E-state index contributed by atoms with van der Waals surface area (Å²) in [5.41, 5.74) is 0. The molecule has 112 valence electrons. The number of carbonyl (C=O) groups is 2. The van der Waals surface area contributed by atoms with E-state index in [4.69, 9.17) is 9.84 Å². The summed E-state index contributed by atoms with van der Waals surface area (Å²) < 4.78 is 4.77. The van der Waals surface area contributed by atoms with E-state index in [0.29, 0.717) is 13.0 Å². The highest BCUT2D eigenvalue weighted by molar-refractivity contribution is 5.74. The van der Waals surface area contributed by atoms with Crippen LogP contribution in [0.2, 0.25) is 0 Å². The van der Waals surface area contributed by atoms with E-state index in [9.17, 15) is 14.7 Å². The van der Waals surface area contributed by atoms with E-state index in [1.54, 1.807) is 7.05 Å². The zero-order valence-electron chi connectivity index (χ0n) is 11.8. The normalized spacial score (nSPS) is 13.7. The second kappa shape index (κ2) is 9.57. The molecule has 0 radical (unpaired) electrons. The van der Waals surface area contributed by atoms with Gasteiger partial charge in [-0.3, -0.25) is 4.79 Å². The lowest BCUT2D eigenvalue weighted by Gasteiger charge is -2.22. The number of carbonyl (C=O) groups excluding carboxylic acids is 1. The molecule has 19 heavy (non-hydrogen) atoms. The average Bonchev–Trinajstić information content (AvgIpc) is 2.33. The maximum absolute atomic E-state index is 11.7. The summed E-state index contributed by atoms with van der Waals surface area (Å²) in [6.07, 6.45) is -0.0169. The average molecular weight is 276 g/mol. The quantitative estimate of drug-likeness (QED) is 0.556. The number of aliphatic carboxylic acids is 1. The molecule has 0 aromatic rings. The van der Waals surface area contributed by atoms with Gasteiger partial charge in [0.15, 0.2) is 0 Å². The van der Waals surface area contributed by atoms with Crippen LogP contribution in [0.25, 0.3) is 0 Å². The first-order valence-electron chi connectivity index (χ1n) is 6.28. The molecule has 0 spiro atoms. The SMILES string of the molecule is CCC(CNC(=O)N(C)CC(O)COC)CC(=O)O. The van der Waals surface area contributed by atoms with Crippen molar-refractivity contribution < 1.29 is 24.5 Å². The Balaban J connectivity index is 4.04. The van der Waals surface area contributed by atoms with Gasteiger partial charge in [-0.15, -0.1) is 0 Å². The monoisotopic (exact) mass is 276 g/mol. The van der Waals surface area contributed by atoms with Crippen LogP contribution < -0.4 is 5.32 Å². The van der Waals surface area contributed by atoms with Crippen molar-refractivity contribution in [1.82, 2.24) is 10.2 Å². The second-order valence-corrected chi connectivity index (χ2v) is 4.55. The number of likely N-dealkylation sites (N-methyl/N-ethyl adjacent to an activating group) is 1. The minimum atomic E-state index is -0.870. The van der Waals surface area contributed by atoms with E-state index in [0.717, 1.165) is 0 Å². The number of nitrogens with one attached hydrogen (secondary N) is 1. The lowest BCUT2D eigenvalue weighted by Crippen LogP contribution is -2.43. The summed E-state index contributed by atoms with van der Waals surface area (Å²) in [5.74, 6) is -0.955. The van der Waals surface area contributed by atoms with Crippen molar-refractivity contribution in [2.24, 2.45) is 5.92 Å². The predicted molar refractivity (Wildman–Crippen MR) is 69.9 cm³/mol. The maximum Gasteiger partial charge on any atom is 0.317 e. The summed E-state index contributed by atoms with van der Waals surface area (Å²) >= 11 is 0. The Labute approximate surface area is 113 Å². The van der Waals surface area contributed by atoms with Crippen LogP contribution in [0.4, 0.5) is 4.79 Å². The molecule has 0 heterocycles. The summed E-state index contributed by atoms with van der Waals surface area (Å²) in [7, 11) is 3.04. The fraction of sp³-hybridized carbons (Fsp3) is 0.833. The van der Waals surface area contributed by atoms with Gasteiger partial charge in [0, 0.05) is 27.1 Å². The summed E-state index contributed by atoms with van der Waals surface area (Å²) in [5, 5.41) is 20.8. The first kappa shape index (κ1) is 17.7. The number of urea groups is 1. The van der Waals surface area contributed by atoms with Gasteiger partial charge >= 0.3 is 12.0 Å². The van der Waals surface area contributed by atoms with Crippen molar-refractivity contribution in [3.8, 4) is 0 Å². The van der Waals surface area contributed by atoms with E-state index in [2.05, 4.69) is 5.32 Å². The molecular formula is C12H24N2O5. The van der Waals surface area contributed by atoms with Crippen molar-refractivity contribution in [3.63, 3.8) is 0 Å². The summed E-state index contributed by atoms with van der Waals surface area (Å²) in [6, 6.07) is -0.334. The van der Waals surface area contributed by atoms with E-state index < -0.39 is 12.1 Å². The number of amides is 2. The smallest absolute Gasteiger partial charge is 0.317 e. The number of hydrogen-bond acceptors (Lipinski definition) is 4. The Bertz CT molecular complexity index is 285. The van der Waals surface area contributed by atoms with E-state index in [-0.39, 0.29) is 31.5 Å². The van der Waals surface area contributed by atoms with Gasteiger partial charge in [-0.1, -0.05) is 13.3 Å². The molecule has 0 aliphatic heterocycles. The van der Waals surface area contributed by atoms with E-state index in [1.165, 1.54) is 12.0 Å². The molecule has 0 aromatic heterocycles. The van der Waals surface area contributed by atoms with Gasteiger partial charge in [-0.05, 0) is 5.92 Å². The number of hydrogen-bond donors (Lipinski definition) is 3. The van der Waals surface area contributed by atoms with Crippen LogP contribution in [0.1, 0.15) is 19.8 Å². The minimum Gasteiger partial charge on any atom is -0.481 e. The third kappa shape index (κ3) is 8.39. The molecule has 2 amide bonds. The molecule has 0 aliphatic carbocycles. The first-order chi connectivity index (χ1) is 8.90. The molecule has 0 aliphatic rings. The van der Waals surface area contributed by atoms with Crippen LogP contribution in [-0.4, -0.2) is 67.1 Å². The third-order valence-corrected chi connectivity index (χ3v) is 2.77. The molecule has 3 N–H and O–H groups in total. The lowest BCUT2D eigenvalue weighted by molar-refractivity contribution is -0.138. The number of aliphatic hydroxyl groups excluding tert-OH is 1. The zero-order chi connectivity index (χ0) is 14.8. The molecular weight excluding hydrogens is 252 g/mol. The van der Waals surface area contributed by atoms with Crippen LogP contribution in [0.5, 0.6) is 0 Å². The van der Waals surface area contributed by atoms with Gasteiger partial charge in [0.25, 0.3) is 0 Å². The predicted octanol–water partition coefficient (Wildman–Crippen LogP) is 0.136. The molecule has 0 fully saturated rings. The van der Waals surface area contributed by atoms with Crippen LogP contribution in [0.3, 0.4) is 0 Å². The van der Waals surface area contributed by atoms with Crippen molar-refractivity contribution in [2.75, 3.05) is 33.9 Å². The largest absolute Gasteiger partial charge is 0.481 e. The molecule has 0 aromatic carbocycles. The van der Waals surface area contributed by atoms with Crippen LogP contribution in [-0.2, 0) is 9.53 Å². The van der Waals surface area contributed by atoms with Crippen molar-refractivity contribution in [1.29, 1.82) is 0 Å². The van der Waals surface area contributed by atoms with Gasteiger partial charge in [-0.25, -0.2) is 4.79 Å². The van der Waals surface area contributed by atoms with Gasteiger partial charge in [0.05, 0.1) is 19.3 Å². The first-order valence-corrected chi connectivity index (χ1v) is 6.28. The third-order valence-electron chi connectivity index (χ3n) is 2.77. The number of ether oxygens (including phenoxy) is 1. The Kier molecular flexibility index (Phi) is 8.90. The highest BCUT2D eigenvalue weighted by Gasteiger charge is 2.16. The molecule has 0 saturated carbocycles. The van der Waals surface area contributed by atoms with E-state index >= 15 is 0 Å². The van der Waals surface area contributed by atoms with Gasteiger partial charge in [0.2, 0.25) is 0 Å². The van der Waals surface area contributed by atoms with Crippen molar-refractivity contribution in [3.05, 3.63) is 0 Å². The second-order valence-electron chi connectivity index (χ2n) is 4.55. The fourth-order valence-corrected chi connectivity index (χ4v) is 1.62.